The van der Waals surface area contributed by atoms with Gasteiger partial charge in [0.15, 0.2) is 5.82 Å². The van der Waals surface area contributed by atoms with E-state index in [2.05, 4.69) is 20.1 Å². The molecule has 1 aliphatic rings. The molecular formula is C18H22N6O2. The molecule has 1 amide bonds. The molecule has 0 aliphatic carbocycles. The number of nitrogens with zero attached hydrogens (tertiary/aromatic N) is 6. The Morgan fingerprint density at radius 2 is 2.00 bits per heavy atom. The summed E-state index contributed by atoms with van der Waals surface area (Å²) in [4.78, 5) is 21.1. The number of fused-ring (bicyclic) bond motifs is 1. The van der Waals surface area contributed by atoms with Crippen LogP contribution in [-0.4, -0.2) is 61.8 Å². The fourth-order valence-electron chi connectivity index (χ4n) is 3.23. The first-order valence-electron chi connectivity index (χ1n) is 8.95. The number of carbonyl (C=O) groups excluding carboxylic acids is 1. The van der Waals surface area contributed by atoms with E-state index in [0.29, 0.717) is 31.3 Å². The van der Waals surface area contributed by atoms with Crippen molar-refractivity contribution >= 4 is 16.8 Å². The van der Waals surface area contributed by atoms with Gasteiger partial charge in [0.2, 0.25) is 11.8 Å². The highest BCUT2D eigenvalue weighted by Gasteiger charge is 2.23. The molecule has 136 valence electrons. The van der Waals surface area contributed by atoms with Crippen LogP contribution in [0.25, 0.3) is 10.9 Å². The molecule has 26 heavy (non-hydrogen) atoms. The summed E-state index contributed by atoms with van der Waals surface area (Å²) in [6.45, 7) is 5.95. The first-order valence-corrected chi connectivity index (χ1v) is 8.95. The van der Waals surface area contributed by atoms with Crippen LogP contribution < -0.4 is 0 Å². The lowest BCUT2D eigenvalue weighted by molar-refractivity contribution is -0.133. The highest BCUT2D eigenvalue weighted by atomic mass is 16.5. The van der Waals surface area contributed by atoms with Crippen molar-refractivity contribution < 1.29 is 9.32 Å². The predicted octanol–water partition coefficient (Wildman–Crippen LogP) is 1.33. The number of para-hydroxylation sites is 1. The summed E-state index contributed by atoms with van der Waals surface area (Å²) >= 11 is 0. The van der Waals surface area contributed by atoms with E-state index < -0.39 is 0 Å². The van der Waals surface area contributed by atoms with Gasteiger partial charge in [0.05, 0.1) is 18.3 Å². The molecule has 0 radical (unpaired) electrons. The van der Waals surface area contributed by atoms with Gasteiger partial charge >= 0.3 is 0 Å². The lowest BCUT2D eigenvalue weighted by Gasteiger charge is -2.34. The monoisotopic (exact) mass is 354 g/mol. The summed E-state index contributed by atoms with van der Waals surface area (Å²) in [5.74, 6) is 1.48. The van der Waals surface area contributed by atoms with Crippen LogP contribution in [0.2, 0.25) is 0 Å². The Labute approximate surface area is 151 Å². The molecule has 3 heterocycles. The van der Waals surface area contributed by atoms with Crippen molar-refractivity contribution in [2.45, 2.75) is 26.4 Å². The number of amides is 1. The van der Waals surface area contributed by atoms with Crippen LogP contribution in [0, 0.1) is 0 Å². The molecule has 0 bridgehead atoms. The molecule has 2 aromatic heterocycles. The predicted molar refractivity (Wildman–Crippen MR) is 95.3 cm³/mol. The topological polar surface area (TPSA) is 80.3 Å². The molecule has 0 spiro atoms. The lowest BCUT2D eigenvalue weighted by atomic mass is 10.2. The second kappa shape index (κ2) is 7.25. The Bertz CT molecular complexity index is 894. The minimum Gasteiger partial charge on any atom is -0.339 e. The summed E-state index contributed by atoms with van der Waals surface area (Å²) in [6.07, 6.45) is 2.55. The molecule has 8 nitrogen and oxygen atoms in total. The van der Waals surface area contributed by atoms with Crippen LogP contribution in [0.3, 0.4) is 0 Å². The standard InChI is InChI=1S/C18H22N6O2/c1-2-17-20-16(21-26-17)12-22-7-9-23(10-8-22)18(25)13-24-15-6-4-3-5-14(15)11-19-24/h3-6,11H,2,7-10,12-13H2,1H3. The Morgan fingerprint density at radius 1 is 1.19 bits per heavy atom. The van der Waals surface area contributed by atoms with Crippen molar-refractivity contribution in [3.8, 4) is 0 Å². The zero-order valence-electron chi connectivity index (χ0n) is 14.8. The zero-order valence-corrected chi connectivity index (χ0v) is 14.8. The third kappa shape index (κ3) is 3.45. The lowest BCUT2D eigenvalue weighted by Crippen LogP contribution is -2.49. The molecule has 1 fully saturated rings. The van der Waals surface area contributed by atoms with Gasteiger partial charge in [0, 0.05) is 38.0 Å². The van der Waals surface area contributed by atoms with Crippen molar-refractivity contribution in [1.29, 1.82) is 0 Å². The molecule has 1 aliphatic heterocycles. The molecule has 0 unspecified atom stereocenters. The number of aromatic nitrogens is 4. The van der Waals surface area contributed by atoms with E-state index in [4.69, 9.17) is 4.52 Å². The van der Waals surface area contributed by atoms with E-state index in [-0.39, 0.29) is 12.5 Å². The quantitative estimate of drug-likeness (QED) is 0.688. The van der Waals surface area contributed by atoms with Gasteiger partial charge in [0.25, 0.3) is 0 Å². The number of carbonyl (C=O) groups is 1. The van der Waals surface area contributed by atoms with Crippen LogP contribution in [0.1, 0.15) is 18.6 Å². The average Bonchev–Trinajstić information content (AvgIpc) is 3.29. The van der Waals surface area contributed by atoms with Crippen LogP contribution in [0.4, 0.5) is 0 Å². The fourth-order valence-corrected chi connectivity index (χ4v) is 3.23. The average molecular weight is 354 g/mol. The van der Waals surface area contributed by atoms with Gasteiger partial charge in [-0.3, -0.25) is 14.4 Å². The second-order valence-corrected chi connectivity index (χ2v) is 6.48. The number of piperazine rings is 1. The van der Waals surface area contributed by atoms with Gasteiger partial charge in [-0.15, -0.1) is 0 Å². The Kier molecular flexibility index (Phi) is 4.66. The van der Waals surface area contributed by atoms with E-state index in [1.165, 1.54) is 0 Å². The van der Waals surface area contributed by atoms with Crippen molar-refractivity contribution in [1.82, 2.24) is 29.7 Å². The summed E-state index contributed by atoms with van der Waals surface area (Å²) < 4.78 is 6.92. The maximum Gasteiger partial charge on any atom is 0.244 e. The van der Waals surface area contributed by atoms with Crippen LogP contribution in [0.15, 0.2) is 35.0 Å². The van der Waals surface area contributed by atoms with Crippen molar-refractivity contribution in [3.05, 3.63) is 42.2 Å². The van der Waals surface area contributed by atoms with E-state index in [1.54, 1.807) is 10.9 Å². The van der Waals surface area contributed by atoms with Gasteiger partial charge < -0.3 is 9.42 Å². The Morgan fingerprint density at radius 3 is 2.77 bits per heavy atom. The highest BCUT2D eigenvalue weighted by molar-refractivity contribution is 5.82. The van der Waals surface area contributed by atoms with Crippen LogP contribution in [-0.2, 0) is 24.3 Å². The summed E-state index contributed by atoms with van der Waals surface area (Å²) in [5.41, 5.74) is 0.989. The maximum absolute atomic E-state index is 12.6. The van der Waals surface area contributed by atoms with Crippen molar-refractivity contribution in [2.24, 2.45) is 0 Å². The first kappa shape index (κ1) is 16.7. The molecule has 3 aromatic rings. The van der Waals surface area contributed by atoms with E-state index >= 15 is 0 Å². The molecule has 0 saturated carbocycles. The summed E-state index contributed by atoms with van der Waals surface area (Å²) in [7, 11) is 0. The normalized spacial score (nSPS) is 15.7. The SMILES string of the molecule is CCc1nc(CN2CCN(C(=O)Cn3ncc4ccccc43)CC2)no1. The molecular weight excluding hydrogens is 332 g/mol. The van der Waals surface area contributed by atoms with Gasteiger partial charge in [-0.1, -0.05) is 30.3 Å². The minimum atomic E-state index is 0.103. The second-order valence-electron chi connectivity index (χ2n) is 6.48. The number of benzene rings is 1. The van der Waals surface area contributed by atoms with Gasteiger partial charge in [-0.2, -0.15) is 10.1 Å². The van der Waals surface area contributed by atoms with Crippen LogP contribution in [0.5, 0.6) is 0 Å². The van der Waals surface area contributed by atoms with Gasteiger partial charge in [-0.25, -0.2) is 0 Å². The van der Waals surface area contributed by atoms with Crippen LogP contribution >= 0.6 is 0 Å². The molecule has 8 heteroatoms. The zero-order chi connectivity index (χ0) is 17.9. The number of hydrogen-bond donors (Lipinski definition) is 0. The minimum absolute atomic E-state index is 0.103. The summed E-state index contributed by atoms with van der Waals surface area (Å²) in [5, 5.41) is 9.39. The van der Waals surface area contributed by atoms with Crippen molar-refractivity contribution in [3.63, 3.8) is 0 Å². The van der Waals surface area contributed by atoms with E-state index in [9.17, 15) is 4.79 Å². The van der Waals surface area contributed by atoms with E-state index in [0.717, 1.165) is 30.4 Å². The van der Waals surface area contributed by atoms with Crippen molar-refractivity contribution in [2.75, 3.05) is 26.2 Å². The molecule has 4 rings (SSSR count). The smallest absolute Gasteiger partial charge is 0.244 e. The molecule has 0 N–H and O–H groups in total. The summed E-state index contributed by atoms with van der Waals surface area (Å²) in [6, 6.07) is 7.93. The Balaban J connectivity index is 1.32. The first-order chi connectivity index (χ1) is 12.7. The van der Waals surface area contributed by atoms with E-state index in [1.807, 2.05) is 36.1 Å². The maximum atomic E-state index is 12.6. The highest BCUT2D eigenvalue weighted by Crippen LogP contribution is 2.13. The number of rotatable bonds is 5. The number of aryl methyl sites for hydroxylation is 1. The Hall–Kier alpha value is -2.74. The van der Waals surface area contributed by atoms with Gasteiger partial charge in [-0.05, 0) is 6.07 Å². The number of hydrogen-bond acceptors (Lipinski definition) is 6. The third-order valence-electron chi connectivity index (χ3n) is 4.74. The largest absolute Gasteiger partial charge is 0.339 e. The van der Waals surface area contributed by atoms with Gasteiger partial charge in [0.1, 0.15) is 6.54 Å². The third-order valence-corrected chi connectivity index (χ3v) is 4.74. The fraction of sp³-hybridized carbons (Fsp3) is 0.444. The molecule has 0 atom stereocenters. The molecule has 1 aromatic carbocycles. The molecule has 1 saturated heterocycles.